The molecule has 0 atom stereocenters. The first-order valence-electron chi connectivity index (χ1n) is 9.69. The Kier molecular flexibility index (Phi) is 4.92. The standard InChI is InChI=1S/C23H23N3O3/c1-2-19(27)25-14-23(16-8-4-3-5-9-16)11-17(12-23)26-21(28)18-10-6-7-15-13-24-22(29)20(15)18/h2-10,17H,1,11-14H2,(H,24,29)(H,25,27)(H,26,28). The zero-order valence-corrected chi connectivity index (χ0v) is 16.0. The van der Waals surface area contributed by atoms with Crippen LogP contribution in [0.1, 0.15) is 44.7 Å². The van der Waals surface area contributed by atoms with Crippen LogP contribution in [0.3, 0.4) is 0 Å². The summed E-state index contributed by atoms with van der Waals surface area (Å²) < 4.78 is 0. The van der Waals surface area contributed by atoms with Gasteiger partial charge in [-0.1, -0.05) is 49.0 Å². The van der Waals surface area contributed by atoms with Crippen molar-refractivity contribution in [3.8, 4) is 0 Å². The number of nitrogens with one attached hydrogen (secondary N) is 3. The summed E-state index contributed by atoms with van der Waals surface area (Å²) in [5.41, 5.74) is 2.64. The summed E-state index contributed by atoms with van der Waals surface area (Å²) in [5.74, 6) is -0.649. The summed E-state index contributed by atoms with van der Waals surface area (Å²) in [4.78, 5) is 36.6. The molecule has 0 unspecified atom stereocenters. The summed E-state index contributed by atoms with van der Waals surface area (Å²) in [7, 11) is 0. The van der Waals surface area contributed by atoms with Crippen molar-refractivity contribution in [2.45, 2.75) is 30.8 Å². The van der Waals surface area contributed by atoms with Gasteiger partial charge in [-0.2, -0.15) is 0 Å². The van der Waals surface area contributed by atoms with Crippen molar-refractivity contribution in [3.63, 3.8) is 0 Å². The summed E-state index contributed by atoms with van der Waals surface area (Å²) in [6.45, 7) is 4.44. The van der Waals surface area contributed by atoms with Gasteiger partial charge in [0.1, 0.15) is 0 Å². The summed E-state index contributed by atoms with van der Waals surface area (Å²) in [5, 5.41) is 8.72. The predicted molar refractivity (Wildman–Crippen MR) is 109 cm³/mol. The second-order valence-electron chi connectivity index (χ2n) is 7.67. The third kappa shape index (κ3) is 3.53. The highest BCUT2D eigenvalue weighted by molar-refractivity contribution is 6.09. The van der Waals surface area contributed by atoms with Crippen LogP contribution in [0.2, 0.25) is 0 Å². The number of carbonyl (C=O) groups excluding carboxylic acids is 3. The van der Waals surface area contributed by atoms with E-state index in [1.807, 2.05) is 36.4 Å². The fraction of sp³-hybridized carbons (Fsp3) is 0.261. The van der Waals surface area contributed by atoms with Gasteiger partial charge in [-0.25, -0.2) is 0 Å². The van der Waals surface area contributed by atoms with E-state index in [4.69, 9.17) is 0 Å². The number of hydrogen-bond acceptors (Lipinski definition) is 3. The van der Waals surface area contributed by atoms with Crippen LogP contribution in [0.5, 0.6) is 0 Å². The van der Waals surface area contributed by atoms with E-state index in [-0.39, 0.29) is 29.2 Å². The number of carbonyl (C=O) groups is 3. The molecule has 148 valence electrons. The Hall–Kier alpha value is -3.41. The molecule has 6 nitrogen and oxygen atoms in total. The highest BCUT2D eigenvalue weighted by Crippen LogP contribution is 2.43. The second kappa shape index (κ2) is 7.54. The van der Waals surface area contributed by atoms with Crippen LogP contribution >= 0.6 is 0 Å². The maximum atomic E-state index is 12.8. The molecule has 3 amide bonds. The molecule has 0 saturated heterocycles. The van der Waals surface area contributed by atoms with Gasteiger partial charge in [-0.05, 0) is 36.1 Å². The normalized spacial score (nSPS) is 22.1. The van der Waals surface area contributed by atoms with Crippen LogP contribution in [-0.2, 0) is 16.8 Å². The van der Waals surface area contributed by atoms with Gasteiger partial charge in [0.05, 0.1) is 11.1 Å². The minimum Gasteiger partial charge on any atom is -0.352 e. The Morgan fingerprint density at radius 1 is 1.14 bits per heavy atom. The van der Waals surface area contributed by atoms with Gasteiger partial charge in [0.2, 0.25) is 5.91 Å². The van der Waals surface area contributed by atoms with Crippen molar-refractivity contribution in [2.75, 3.05) is 6.54 Å². The molecule has 2 aliphatic rings. The molecule has 1 aliphatic heterocycles. The lowest BCUT2D eigenvalue weighted by Gasteiger charge is -2.48. The van der Waals surface area contributed by atoms with E-state index in [0.29, 0.717) is 37.1 Å². The fourth-order valence-electron chi connectivity index (χ4n) is 4.32. The fourth-order valence-corrected chi connectivity index (χ4v) is 4.32. The van der Waals surface area contributed by atoms with E-state index in [1.54, 1.807) is 12.1 Å². The Bertz CT molecular complexity index is 978. The number of benzene rings is 2. The number of rotatable bonds is 6. The lowest BCUT2D eigenvalue weighted by atomic mass is 9.61. The monoisotopic (exact) mass is 389 g/mol. The molecule has 0 bridgehead atoms. The minimum atomic E-state index is -0.235. The molecule has 1 fully saturated rings. The Morgan fingerprint density at radius 3 is 2.62 bits per heavy atom. The quantitative estimate of drug-likeness (QED) is 0.661. The van der Waals surface area contributed by atoms with Crippen molar-refractivity contribution in [1.29, 1.82) is 0 Å². The van der Waals surface area contributed by atoms with Crippen molar-refractivity contribution in [3.05, 3.63) is 83.4 Å². The highest BCUT2D eigenvalue weighted by Gasteiger charge is 2.46. The first kappa shape index (κ1) is 18.9. The topological polar surface area (TPSA) is 87.3 Å². The SMILES string of the molecule is C=CC(=O)NCC1(c2ccccc2)CC(NC(=O)c2cccc3c2C(=O)NC3)C1. The molecule has 2 aromatic carbocycles. The molecule has 29 heavy (non-hydrogen) atoms. The molecule has 1 aliphatic carbocycles. The zero-order valence-electron chi connectivity index (χ0n) is 16.0. The summed E-state index contributed by atoms with van der Waals surface area (Å²) in [6, 6.07) is 15.3. The number of fused-ring (bicyclic) bond motifs is 1. The van der Waals surface area contributed by atoms with Gasteiger partial charge in [0.25, 0.3) is 11.8 Å². The van der Waals surface area contributed by atoms with Crippen molar-refractivity contribution in [2.24, 2.45) is 0 Å². The molecular formula is C23H23N3O3. The van der Waals surface area contributed by atoms with Gasteiger partial charge in [0, 0.05) is 24.5 Å². The predicted octanol–water partition coefficient (Wildman–Crippen LogP) is 2.06. The summed E-state index contributed by atoms with van der Waals surface area (Å²) in [6.07, 6.45) is 2.68. The van der Waals surface area contributed by atoms with Crippen LogP contribution in [-0.4, -0.2) is 30.3 Å². The van der Waals surface area contributed by atoms with E-state index < -0.39 is 0 Å². The number of amides is 3. The molecule has 2 aromatic rings. The van der Waals surface area contributed by atoms with Gasteiger partial charge in [0.15, 0.2) is 0 Å². The van der Waals surface area contributed by atoms with E-state index in [9.17, 15) is 14.4 Å². The van der Waals surface area contributed by atoms with Gasteiger partial charge in [-0.3, -0.25) is 14.4 Å². The van der Waals surface area contributed by atoms with Crippen LogP contribution in [0.4, 0.5) is 0 Å². The maximum Gasteiger partial charge on any atom is 0.252 e. The average molecular weight is 389 g/mol. The third-order valence-corrected chi connectivity index (χ3v) is 5.84. The Morgan fingerprint density at radius 2 is 1.90 bits per heavy atom. The van der Waals surface area contributed by atoms with E-state index in [1.165, 1.54) is 6.08 Å². The van der Waals surface area contributed by atoms with Gasteiger partial charge < -0.3 is 16.0 Å². The molecule has 4 rings (SSSR count). The van der Waals surface area contributed by atoms with E-state index >= 15 is 0 Å². The van der Waals surface area contributed by atoms with Crippen LogP contribution in [0.25, 0.3) is 0 Å². The Balaban J connectivity index is 1.48. The highest BCUT2D eigenvalue weighted by atomic mass is 16.2. The van der Waals surface area contributed by atoms with Crippen LogP contribution in [0.15, 0.2) is 61.2 Å². The molecular weight excluding hydrogens is 366 g/mol. The van der Waals surface area contributed by atoms with Gasteiger partial charge in [-0.15, -0.1) is 0 Å². The lowest BCUT2D eigenvalue weighted by Crippen LogP contribution is -2.57. The first-order chi connectivity index (χ1) is 14.0. The Labute approximate surface area is 169 Å². The van der Waals surface area contributed by atoms with Crippen LogP contribution in [0, 0.1) is 0 Å². The zero-order chi connectivity index (χ0) is 20.4. The number of hydrogen-bond donors (Lipinski definition) is 3. The smallest absolute Gasteiger partial charge is 0.252 e. The minimum absolute atomic E-state index is 0.0244. The largest absolute Gasteiger partial charge is 0.352 e. The van der Waals surface area contributed by atoms with Crippen LogP contribution < -0.4 is 16.0 Å². The van der Waals surface area contributed by atoms with E-state index in [0.717, 1.165) is 11.1 Å². The van der Waals surface area contributed by atoms with Crippen molar-refractivity contribution >= 4 is 17.7 Å². The molecule has 0 spiro atoms. The first-order valence-corrected chi connectivity index (χ1v) is 9.69. The summed E-state index contributed by atoms with van der Waals surface area (Å²) >= 11 is 0. The molecule has 0 radical (unpaired) electrons. The second-order valence-corrected chi connectivity index (χ2v) is 7.67. The third-order valence-electron chi connectivity index (χ3n) is 5.84. The molecule has 1 saturated carbocycles. The van der Waals surface area contributed by atoms with Gasteiger partial charge >= 0.3 is 0 Å². The molecule has 6 heteroatoms. The van der Waals surface area contributed by atoms with Crippen molar-refractivity contribution < 1.29 is 14.4 Å². The van der Waals surface area contributed by atoms with E-state index in [2.05, 4.69) is 22.5 Å². The lowest BCUT2D eigenvalue weighted by molar-refractivity contribution is -0.117. The molecule has 1 heterocycles. The van der Waals surface area contributed by atoms with Crippen molar-refractivity contribution in [1.82, 2.24) is 16.0 Å². The maximum absolute atomic E-state index is 12.8. The molecule has 0 aromatic heterocycles. The molecule has 3 N–H and O–H groups in total. The average Bonchev–Trinajstić information content (AvgIpc) is 3.11.